The summed E-state index contributed by atoms with van der Waals surface area (Å²) in [6.45, 7) is 4.04. The van der Waals surface area contributed by atoms with Crippen molar-refractivity contribution in [1.29, 1.82) is 0 Å². The minimum Gasteiger partial charge on any atom is -0.493 e. The van der Waals surface area contributed by atoms with Crippen LogP contribution in [0.3, 0.4) is 0 Å². The first-order valence-electron chi connectivity index (χ1n) is 11.1. The van der Waals surface area contributed by atoms with E-state index < -0.39 is 0 Å². The molecule has 2 heterocycles. The summed E-state index contributed by atoms with van der Waals surface area (Å²) in [6, 6.07) is 15.3. The fourth-order valence-electron chi connectivity index (χ4n) is 4.00. The van der Waals surface area contributed by atoms with Gasteiger partial charge in [-0.05, 0) is 35.7 Å². The molecule has 34 heavy (non-hydrogen) atoms. The van der Waals surface area contributed by atoms with Gasteiger partial charge in [-0.1, -0.05) is 36.4 Å². The fraction of sp³-hybridized carbons (Fsp3) is 0.308. The van der Waals surface area contributed by atoms with Crippen LogP contribution >= 0.6 is 11.3 Å². The van der Waals surface area contributed by atoms with E-state index in [1.807, 2.05) is 43.3 Å². The first-order chi connectivity index (χ1) is 16.5. The lowest BCUT2D eigenvalue weighted by Gasteiger charge is -2.27. The molecule has 1 fully saturated rings. The van der Waals surface area contributed by atoms with Crippen molar-refractivity contribution in [2.45, 2.75) is 13.3 Å². The first kappa shape index (κ1) is 23.8. The van der Waals surface area contributed by atoms with Gasteiger partial charge < -0.3 is 24.4 Å². The molecule has 0 radical (unpaired) electrons. The quantitative estimate of drug-likeness (QED) is 0.543. The molecule has 2 aromatic carbocycles. The molecule has 0 atom stereocenters. The summed E-state index contributed by atoms with van der Waals surface area (Å²) in [6.07, 6.45) is 0.142. The highest BCUT2D eigenvalue weighted by molar-refractivity contribution is 7.20. The second kappa shape index (κ2) is 10.7. The second-order valence-electron chi connectivity index (χ2n) is 7.95. The zero-order valence-corrected chi connectivity index (χ0v) is 20.4. The molecule has 2 amide bonds. The fourth-order valence-corrected chi connectivity index (χ4v) is 5.22. The number of carbonyl (C=O) groups is 2. The Balaban J connectivity index is 1.63. The topological polar surface area (TPSA) is 77.1 Å². The van der Waals surface area contributed by atoms with Crippen LogP contribution in [0.25, 0.3) is 10.4 Å². The molecule has 1 saturated heterocycles. The summed E-state index contributed by atoms with van der Waals surface area (Å²) in [5.41, 5.74) is 3.22. The highest BCUT2D eigenvalue weighted by Gasteiger charge is 2.28. The van der Waals surface area contributed by atoms with Crippen molar-refractivity contribution in [3.8, 4) is 21.9 Å². The minimum atomic E-state index is -0.205. The SMILES string of the molecule is COc1ccc(CC(=O)Nc2sc(-c3ccccc3)c(C)c2C(=O)N2CCOCC2)cc1OC. The van der Waals surface area contributed by atoms with E-state index >= 15 is 0 Å². The molecule has 3 aromatic rings. The number of thiophene rings is 1. The second-order valence-corrected chi connectivity index (χ2v) is 8.97. The number of hydrogen-bond acceptors (Lipinski definition) is 6. The number of methoxy groups -OCH3 is 2. The van der Waals surface area contributed by atoms with Crippen molar-refractivity contribution in [2.24, 2.45) is 0 Å². The van der Waals surface area contributed by atoms with E-state index in [0.29, 0.717) is 48.4 Å². The lowest BCUT2D eigenvalue weighted by molar-refractivity contribution is -0.115. The Bertz CT molecular complexity index is 1170. The van der Waals surface area contributed by atoms with Crippen LogP contribution in [0.2, 0.25) is 0 Å². The van der Waals surface area contributed by atoms with Crippen LogP contribution in [0, 0.1) is 6.92 Å². The maximum absolute atomic E-state index is 13.5. The van der Waals surface area contributed by atoms with Crippen LogP contribution in [0.15, 0.2) is 48.5 Å². The molecule has 0 bridgehead atoms. The Hall–Kier alpha value is -3.36. The standard InChI is InChI=1S/C26H28N2O5S/c1-17-23(26(30)28-11-13-33-14-12-28)25(34-24(17)19-7-5-4-6-8-19)27-22(29)16-18-9-10-20(31-2)21(15-18)32-3/h4-10,15H,11-14,16H2,1-3H3,(H,27,29). The number of hydrogen-bond donors (Lipinski definition) is 1. The molecule has 178 valence electrons. The van der Waals surface area contributed by atoms with E-state index in [9.17, 15) is 9.59 Å². The maximum Gasteiger partial charge on any atom is 0.257 e. The van der Waals surface area contributed by atoms with Crippen LogP contribution in [-0.4, -0.2) is 57.2 Å². The van der Waals surface area contributed by atoms with Crippen LogP contribution in [0.4, 0.5) is 5.00 Å². The molecule has 8 heteroatoms. The lowest BCUT2D eigenvalue weighted by atomic mass is 10.1. The van der Waals surface area contributed by atoms with E-state index in [-0.39, 0.29) is 18.2 Å². The highest BCUT2D eigenvalue weighted by Crippen LogP contribution is 2.40. The van der Waals surface area contributed by atoms with Crippen LogP contribution in [-0.2, 0) is 16.0 Å². The lowest BCUT2D eigenvalue weighted by Crippen LogP contribution is -2.41. The number of benzene rings is 2. The van der Waals surface area contributed by atoms with Gasteiger partial charge in [-0.15, -0.1) is 11.3 Å². The third-order valence-electron chi connectivity index (χ3n) is 5.76. The first-order valence-corrected chi connectivity index (χ1v) is 11.9. The Labute approximate surface area is 203 Å². The molecule has 0 unspecified atom stereocenters. The summed E-state index contributed by atoms with van der Waals surface area (Å²) in [7, 11) is 3.13. The van der Waals surface area contributed by atoms with Crippen molar-refractivity contribution in [2.75, 3.05) is 45.8 Å². The normalized spacial score (nSPS) is 13.4. The molecule has 1 N–H and O–H groups in total. The Morgan fingerprint density at radius 3 is 2.41 bits per heavy atom. The van der Waals surface area contributed by atoms with E-state index in [0.717, 1.165) is 21.6 Å². The van der Waals surface area contributed by atoms with Crippen molar-refractivity contribution in [1.82, 2.24) is 4.90 Å². The van der Waals surface area contributed by atoms with Gasteiger partial charge in [0, 0.05) is 18.0 Å². The van der Waals surface area contributed by atoms with Gasteiger partial charge in [0.1, 0.15) is 5.00 Å². The third kappa shape index (κ3) is 5.08. The number of amides is 2. The molecular formula is C26H28N2O5S. The number of carbonyl (C=O) groups excluding carboxylic acids is 2. The van der Waals surface area contributed by atoms with Gasteiger partial charge in [-0.25, -0.2) is 0 Å². The Morgan fingerprint density at radius 2 is 1.74 bits per heavy atom. The van der Waals surface area contributed by atoms with Gasteiger partial charge in [0.05, 0.1) is 39.4 Å². The molecule has 0 spiro atoms. The van der Waals surface area contributed by atoms with E-state index in [2.05, 4.69) is 5.32 Å². The largest absolute Gasteiger partial charge is 0.493 e. The zero-order chi connectivity index (χ0) is 24.1. The van der Waals surface area contributed by atoms with Gasteiger partial charge in [0.2, 0.25) is 5.91 Å². The average Bonchev–Trinajstić information content (AvgIpc) is 3.19. The average molecular weight is 481 g/mol. The molecule has 7 nitrogen and oxygen atoms in total. The molecule has 1 aromatic heterocycles. The number of anilines is 1. The molecule has 1 aliphatic rings. The number of rotatable bonds is 7. The van der Waals surface area contributed by atoms with E-state index in [4.69, 9.17) is 14.2 Å². The van der Waals surface area contributed by atoms with E-state index in [1.54, 1.807) is 31.3 Å². The highest BCUT2D eigenvalue weighted by atomic mass is 32.1. The smallest absolute Gasteiger partial charge is 0.257 e. The molecular weight excluding hydrogens is 452 g/mol. The molecule has 0 aliphatic carbocycles. The predicted molar refractivity (Wildman–Crippen MR) is 133 cm³/mol. The Kier molecular flexibility index (Phi) is 7.49. The van der Waals surface area contributed by atoms with Gasteiger partial charge in [-0.3, -0.25) is 9.59 Å². The zero-order valence-electron chi connectivity index (χ0n) is 19.6. The van der Waals surface area contributed by atoms with Gasteiger partial charge in [0.25, 0.3) is 5.91 Å². The van der Waals surface area contributed by atoms with Crippen molar-refractivity contribution < 1.29 is 23.8 Å². The van der Waals surface area contributed by atoms with Crippen LogP contribution < -0.4 is 14.8 Å². The van der Waals surface area contributed by atoms with Gasteiger partial charge in [-0.2, -0.15) is 0 Å². The number of ether oxygens (including phenoxy) is 3. The maximum atomic E-state index is 13.5. The minimum absolute atomic E-state index is 0.0827. The summed E-state index contributed by atoms with van der Waals surface area (Å²) in [5, 5.41) is 3.57. The molecule has 0 saturated carbocycles. The Morgan fingerprint density at radius 1 is 1.03 bits per heavy atom. The number of nitrogens with zero attached hydrogens (tertiary/aromatic N) is 1. The van der Waals surface area contributed by atoms with Crippen molar-refractivity contribution in [3.05, 3.63) is 65.2 Å². The monoisotopic (exact) mass is 480 g/mol. The summed E-state index contributed by atoms with van der Waals surface area (Å²) < 4.78 is 16.0. The summed E-state index contributed by atoms with van der Waals surface area (Å²) in [5.74, 6) is 0.880. The van der Waals surface area contributed by atoms with Gasteiger partial charge >= 0.3 is 0 Å². The van der Waals surface area contributed by atoms with E-state index in [1.165, 1.54) is 11.3 Å². The molecule has 4 rings (SSSR count). The van der Waals surface area contributed by atoms with Crippen LogP contribution in [0.5, 0.6) is 11.5 Å². The summed E-state index contributed by atoms with van der Waals surface area (Å²) >= 11 is 1.43. The van der Waals surface area contributed by atoms with Crippen molar-refractivity contribution in [3.63, 3.8) is 0 Å². The summed E-state index contributed by atoms with van der Waals surface area (Å²) in [4.78, 5) is 29.3. The van der Waals surface area contributed by atoms with Crippen molar-refractivity contribution >= 4 is 28.2 Å². The van der Waals surface area contributed by atoms with Crippen LogP contribution in [0.1, 0.15) is 21.5 Å². The molecule has 1 aliphatic heterocycles. The third-order valence-corrected chi connectivity index (χ3v) is 7.02. The number of morpholine rings is 1. The number of nitrogens with one attached hydrogen (secondary N) is 1. The van der Waals surface area contributed by atoms with Gasteiger partial charge in [0.15, 0.2) is 11.5 Å². The predicted octanol–water partition coefficient (Wildman–Crippen LogP) is 4.39.